The van der Waals surface area contributed by atoms with Gasteiger partial charge in [0.15, 0.2) is 0 Å². The lowest BCUT2D eigenvalue weighted by Gasteiger charge is -2.48. The first-order valence-electron chi connectivity index (χ1n) is 6.74. The maximum absolute atomic E-state index is 6.09. The smallest absolute Gasteiger partial charge is 0.0620 e. The molecule has 0 aromatic rings. The number of morpholine rings is 1. The van der Waals surface area contributed by atoms with Crippen LogP contribution >= 0.6 is 0 Å². The zero-order chi connectivity index (χ0) is 12.0. The van der Waals surface area contributed by atoms with Crippen LogP contribution in [-0.2, 0) is 4.74 Å². The van der Waals surface area contributed by atoms with Gasteiger partial charge in [0.2, 0.25) is 0 Å². The van der Waals surface area contributed by atoms with E-state index in [9.17, 15) is 0 Å². The van der Waals surface area contributed by atoms with E-state index in [0.29, 0.717) is 6.04 Å². The number of hydrogen-bond acceptors (Lipinski definition) is 3. The topological polar surface area (TPSA) is 38.5 Å². The highest BCUT2D eigenvalue weighted by Crippen LogP contribution is 2.29. The third-order valence-electron chi connectivity index (χ3n) is 3.79. The molecule has 0 aromatic carbocycles. The van der Waals surface area contributed by atoms with Crippen LogP contribution in [0.5, 0.6) is 0 Å². The van der Waals surface area contributed by atoms with Gasteiger partial charge in [-0.05, 0) is 19.8 Å². The second kappa shape index (κ2) is 6.58. The molecule has 0 spiro atoms. The highest BCUT2D eigenvalue weighted by Gasteiger charge is 2.37. The van der Waals surface area contributed by atoms with Gasteiger partial charge in [-0.1, -0.05) is 26.7 Å². The highest BCUT2D eigenvalue weighted by atomic mass is 16.5. The molecule has 0 bridgehead atoms. The van der Waals surface area contributed by atoms with Gasteiger partial charge in [-0.2, -0.15) is 0 Å². The molecule has 16 heavy (non-hydrogen) atoms. The lowest BCUT2D eigenvalue weighted by molar-refractivity contribution is -0.0628. The minimum Gasteiger partial charge on any atom is -0.379 e. The van der Waals surface area contributed by atoms with Gasteiger partial charge in [0, 0.05) is 24.7 Å². The summed E-state index contributed by atoms with van der Waals surface area (Å²) < 4.78 is 5.53. The molecule has 1 rings (SSSR count). The van der Waals surface area contributed by atoms with E-state index in [4.69, 9.17) is 10.5 Å². The van der Waals surface area contributed by atoms with Gasteiger partial charge < -0.3 is 10.5 Å². The summed E-state index contributed by atoms with van der Waals surface area (Å²) in [5.41, 5.74) is 6.31. The molecule has 1 atom stereocenters. The van der Waals surface area contributed by atoms with Crippen LogP contribution in [0.1, 0.15) is 46.5 Å². The Hall–Kier alpha value is -0.120. The second-order valence-electron chi connectivity index (χ2n) is 5.05. The number of nitrogens with two attached hydrogens (primary N) is 1. The molecule has 3 heteroatoms. The van der Waals surface area contributed by atoms with Crippen LogP contribution in [0.4, 0.5) is 0 Å². The van der Waals surface area contributed by atoms with Crippen LogP contribution < -0.4 is 5.73 Å². The Morgan fingerprint density at radius 2 is 1.94 bits per heavy atom. The van der Waals surface area contributed by atoms with E-state index in [1.54, 1.807) is 0 Å². The third-order valence-corrected chi connectivity index (χ3v) is 3.79. The van der Waals surface area contributed by atoms with Crippen LogP contribution in [0.25, 0.3) is 0 Å². The van der Waals surface area contributed by atoms with Crippen molar-refractivity contribution in [1.82, 2.24) is 4.90 Å². The molecular weight excluding hydrogens is 200 g/mol. The number of rotatable bonds is 6. The summed E-state index contributed by atoms with van der Waals surface area (Å²) in [4.78, 5) is 2.60. The van der Waals surface area contributed by atoms with Gasteiger partial charge in [-0.15, -0.1) is 0 Å². The van der Waals surface area contributed by atoms with E-state index < -0.39 is 0 Å². The maximum atomic E-state index is 6.09. The van der Waals surface area contributed by atoms with E-state index in [1.807, 2.05) is 0 Å². The van der Waals surface area contributed by atoms with Crippen molar-refractivity contribution in [3.8, 4) is 0 Å². The molecule has 1 aliphatic heterocycles. The van der Waals surface area contributed by atoms with Crippen molar-refractivity contribution in [3.63, 3.8) is 0 Å². The van der Waals surface area contributed by atoms with E-state index in [2.05, 4.69) is 25.7 Å². The zero-order valence-electron chi connectivity index (χ0n) is 11.2. The minimum atomic E-state index is 0.215. The van der Waals surface area contributed by atoms with Crippen LogP contribution in [0, 0.1) is 0 Å². The Balaban J connectivity index is 2.78. The predicted octanol–water partition coefficient (Wildman–Crippen LogP) is 2.00. The largest absolute Gasteiger partial charge is 0.379 e. The molecule has 1 heterocycles. The molecular formula is C13H28N2O. The molecule has 1 fully saturated rings. The van der Waals surface area contributed by atoms with Crippen molar-refractivity contribution in [1.29, 1.82) is 0 Å². The SMILES string of the molecule is CCCC(CN)(CCC)N1CCOCC1C. The van der Waals surface area contributed by atoms with Gasteiger partial charge in [0.1, 0.15) is 0 Å². The summed E-state index contributed by atoms with van der Waals surface area (Å²) >= 11 is 0. The van der Waals surface area contributed by atoms with Crippen LogP contribution in [-0.4, -0.2) is 42.8 Å². The quantitative estimate of drug-likeness (QED) is 0.756. The Labute approximate surface area is 100 Å². The summed E-state index contributed by atoms with van der Waals surface area (Å²) in [6.45, 7) is 10.3. The Bertz CT molecular complexity index is 190. The van der Waals surface area contributed by atoms with Gasteiger partial charge in [-0.25, -0.2) is 0 Å². The van der Waals surface area contributed by atoms with E-state index in [1.165, 1.54) is 25.7 Å². The van der Waals surface area contributed by atoms with Crippen molar-refractivity contribution < 1.29 is 4.74 Å². The van der Waals surface area contributed by atoms with E-state index in [0.717, 1.165) is 26.3 Å². The van der Waals surface area contributed by atoms with E-state index in [-0.39, 0.29) is 5.54 Å². The van der Waals surface area contributed by atoms with Crippen LogP contribution in [0.2, 0.25) is 0 Å². The summed E-state index contributed by atoms with van der Waals surface area (Å²) in [6, 6.07) is 0.510. The summed E-state index contributed by atoms with van der Waals surface area (Å²) in [7, 11) is 0. The molecule has 3 nitrogen and oxygen atoms in total. The van der Waals surface area contributed by atoms with Crippen molar-refractivity contribution in [2.24, 2.45) is 5.73 Å². The Morgan fingerprint density at radius 3 is 2.38 bits per heavy atom. The number of ether oxygens (including phenoxy) is 1. The monoisotopic (exact) mass is 228 g/mol. The zero-order valence-corrected chi connectivity index (χ0v) is 11.2. The molecule has 96 valence electrons. The molecule has 0 aromatic heterocycles. The molecule has 1 saturated heterocycles. The van der Waals surface area contributed by atoms with Crippen molar-refractivity contribution in [2.45, 2.75) is 58.0 Å². The van der Waals surface area contributed by atoms with Crippen LogP contribution in [0.15, 0.2) is 0 Å². The molecule has 1 unspecified atom stereocenters. The fourth-order valence-corrected chi connectivity index (χ4v) is 3.10. The normalized spacial score (nSPS) is 23.6. The Kier molecular flexibility index (Phi) is 5.73. The maximum Gasteiger partial charge on any atom is 0.0620 e. The fourth-order valence-electron chi connectivity index (χ4n) is 3.10. The summed E-state index contributed by atoms with van der Waals surface area (Å²) in [5.74, 6) is 0. The molecule has 0 saturated carbocycles. The molecule has 0 aliphatic carbocycles. The van der Waals surface area contributed by atoms with E-state index >= 15 is 0 Å². The first-order valence-corrected chi connectivity index (χ1v) is 6.74. The van der Waals surface area contributed by atoms with Crippen LogP contribution in [0.3, 0.4) is 0 Å². The van der Waals surface area contributed by atoms with Gasteiger partial charge in [0.25, 0.3) is 0 Å². The van der Waals surface area contributed by atoms with Gasteiger partial charge in [0.05, 0.1) is 13.2 Å². The highest BCUT2D eigenvalue weighted by molar-refractivity contribution is 4.94. The summed E-state index contributed by atoms with van der Waals surface area (Å²) in [5, 5.41) is 0. The van der Waals surface area contributed by atoms with Gasteiger partial charge >= 0.3 is 0 Å². The summed E-state index contributed by atoms with van der Waals surface area (Å²) in [6.07, 6.45) is 4.84. The minimum absolute atomic E-state index is 0.215. The average Bonchev–Trinajstić information content (AvgIpc) is 2.29. The average molecular weight is 228 g/mol. The predicted molar refractivity (Wildman–Crippen MR) is 68.6 cm³/mol. The van der Waals surface area contributed by atoms with Crippen molar-refractivity contribution in [3.05, 3.63) is 0 Å². The number of hydrogen-bond donors (Lipinski definition) is 1. The first-order chi connectivity index (χ1) is 7.70. The van der Waals surface area contributed by atoms with Crippen molar-refractivity contribution >= 4 is 0 Å². The molecule has 0 amide bonds. The number of nitrogens with zero attached hydrogens (tertiary/aromatic N) is 1. The standard InChI is InChI=1S/C13H28N2O/c1-4-6-13(11-14,7-5-2)15-8-9-16-10-12(15)3/h12H,4-11,14H2,1-3H3. The second-order valence-corrected chi connectivity index (χ2v) is 5.05. The Morgan fingerprint density at radius 1 is 1.31 bits per heavy atom. The lowest BCUT2D eigenvalue weighted by Crippen LogP contribution is -2.60. The molecule has 1 aliphatic rings. The molecule has 2 N–H and O–H groups in total. The first kappa shape index (κ1) is 13.9. The molecule has 0 radical (unpaired) electrons. The van der Waals surface area contributed by atoms with Gasteiger partial charge in [-0.3, -0.25) is 4.90 Å². The fraction of sp³-hybridized carbons (Fsp3) is 1.00. The van der Waals surface area contributed by atoms with Crippen molar-refractivity contribution in [2.75, 3.05) is 26.3 Å². The third kappa shape index (κ3) is 2.96. The lowest BCUT2D eigenvalue weighted by atomic mass is 9.85.